The lowest BCUT2D eigenvalue weighted by atomic mass is 10.1. The number of aliphatic hydroxyl groups excluding tert-OH is 1. The molecule has 0 unspecified atom stereocenters. The minimum Gasteiger partial charge on any atom is -0.391 e. The summed E-state index contributed by atoms with van der Waals surface area (Å²) in [7, 11) is 0. The van der Waals surface area contributed by atoms with Crippen molar-refractivity contribution in [2.24, 2.45) is 5.73 Å². The molecule has 0 amide bonds. The van der Waals surface area contributed by atoms with Gasteiger partial charge < -0.3 is 10.8 Å². The molecule has 0 aliphatic heterocycles. The third-order valence-electron chi connectivity index (χ3n) is 1.33. The maximum atomic E-state index is 8.82. The fourth-order valence-corrected chi connectivity index (χ4v) is 1.47. The summed E-state index contributed by atoms with van der Waals surface area (Å²) < 4.78 is 0. The van der Waals surface area contributed by atoms with Crippen molar-refractivity contribution in [1.29, 1.82) is 0 Å². The van der Waals surface area contributed by atoms with Crippen molar-refractivity contribution in [2.45, 2.75) is 26.0 Å². The van der Waals surface area contributed by atoms with Crippen LogP contribution in [0.15, 0.2) is 12.1 Å². The first-order valence-corrected chi connectivity index (χ1v) is 4.84. The Morgan fingerprint density at radius 2 is 2.23 bits per heavy atom. The van der Waals surface area contributed by atoms with Crippen LogP contribution in [0.4, 0.5) is 0 Å². The SMILES string of the molecule is CC(C)(N)C#Cc1ccc(CO)s1. The summed E-state index contributed by atoms with van der Waals surface area (Å²) >= 11 is 1.49. The van der Waals surface area contributed by atoms with Crippen LogP contribution >= 0.6 is 11.3 Å². The normalized spacial score (nSPS) is 10.8. The first-order valence-electron chi connectivity index (χ1n) is 4.03. The van der Waals surface area contributed by atoms with Gasteiger partial charge in [0.15, 0.2) is 0 Å². The Morgan fingerprint density at radius 1 is 1.54 bits per heavy atom. The molecule has 1 rings (SSSR count). The van der Waals surface area contributed by atoms with E-state index in [9.17, 15) is 0 Å². The molecule has 70 valence electrons. The molecule has 0 saturated heterocycles. The lowest BCUT2D eigenvalue weighted by Crippen LogP contribution is -2.29. The van der Waals surface area contributed by atoms with E-state index in [2.05, 4.69) is 11.8 Å². The summed E-state index contributed by atoms with van der Waals surface area (Å²) in [6.07, 6.45) is 0. The van der Waals surface area contributed by atoms with Gasteiger partial charge in [0.05, 0.1) is 17.0 Å². The zero-order chi connectivity index (χ0) is 9.90. The van der Waals surface area contributed by atoms with Gasteiger partial charge in [-0.25, -0.2) is 0 Å². The standard InChI is InChI=1S/C10H13NOS/c1-10(2,11)6-5-8-3-4-9(7-12)13-8/h3-4,12H,7,11H2,1-2H3. The van der Waals surface area contributed by atoms with E-state index in [0.717, 1.165) is 9.75 Å². The maximum Gasteiger partial charge on any atom is 0.0774 e. The van der Waals surface area contributed by atoms with Crippen LogP contribution in [0.1, 0.15) is 23.6 Å². The van der Waals surface area contributed by atoms with Gasteiger partial charge in [-0.15, -0.1) is 11.3 Å². The van der Waals surface area contributed by atoms with Gasteiger partial charge in [0.2, 0.25) is 0 Å². The highest BCUT2D eigenvalue weighted by molar-refractivity contribution is 7.12. The maximum absolute atomic E-state index is 8.82. The predicted molar refractivity (Wildman–Crippen MR) is 55.4 cm³/mol. The van der Waals surface area contributed by atoms with Crippen molar-refractivity contribution in [3.63, 3.8) is 0 Å². The Kier molecular flexibility index (Phi) is 3.10. The van der Waals surface area contributed by atoms with Crippen LogP contribution in [0.5, 0.6) is 0 Å². The molecule has 0 aliphatic rings. The number of hydrogen-bond donors (Lipinski definition) is 2. The minimum atomic E-state index is -0.455. The van der Waals surface area contributed by atoms with Crippen molar-refractivity contribution >= 4 is 11.3 Å². The molecular weight excluding hydrogens is 182 g/mol. The average molecular weight is 195 g/mol. The zero-order valence-electron chi connectivity index (χ0n) is 7.79. The molecule has 0 atom stereocenters. The van der Waals surface area contributed by atoms with E-state index in [0.29, 0.717) is 0 Å². The third-order valence-corrected chi connectivity index (χ3v) is 2.31. The van der Waals surface area contributed by atoms with Crippen LogP contribution < -0.4 is 5.73 Å². The van der Waals surface area contributed by atoms with Crippen LogP contribution in [0.25, 0.3) is 0 Å². The van der Waals surface area contributed by atoms with Crippen molar-refractivity contribution < 1.29 is 5.11 Å². The first-order chi connectivity index (χ1) is 6.01. The average Bonchev–Trinajstić information content (AvgIpc) is 2.47. The highest BCUT2D eigenvalue weighted by atomic mass is 32.1. The van der Waals surface area contributed by atoms with Gasteiger partial charge in [-0.05, 0) is 26.0 Å². The van der Waals surface area contributed by atoms with Crippen LogP contribution in [0.3, 0.4) is 0 Å². The van der Waals surface area contributed by atoms with Crippen molar-refractivity contribution in [1.82, 2.24) is 0 Å². The van der Waals surface area contributed by atoms with E-state index in [1.807, 2.05) is 26.0 Å². The van der Waals surface area contributed by atoms with Crippen molar-refractivity contribution in [2.75, 3.05) is 0 Å². The highest BCUT2D eigenvalue weighted by Crippen LogP contribution is 2.15. The fraction of sp³-hybridized carbons (Fsp3) is 0.400. The molecule has 0 radical (unpaired) electrons. The second-order valence-corrected chi connectivity index (χ2v) is 4.56. The van der Waals surface area contributed by atoms with Gasteiger partial charge in [0, 0.05) is 4.88 Å². The number of rotatable bonds is 1. The highest BCUT2D eigenvalue weighted by Gasteiger charge is 2.04. The lowest BCUT2D eigenvalue weighted by Gasteiger charge is -2.06. The van der Waals surface area contributed by atoms with Gasteiger partial charge >= 0.3 is 0 Å². The largest absolute Gasteiger partial charge is 0.391 e. The molecule has 0 aliphatic carbocycles. The molecule has 1 heterocycles. The van der Waals surface area contributed by atoms with Gasteiger partial charge in [0.1, 0.15) is 0 Å². The van der Waals surface area contributed by atoms with Crippen molar-refractivity contribution in [3.8, 4) is 11.8 Å². The predicted octanol–water partition coefficient (Wildman–Crippen LogP) is 1.33. The molecule has 0 saturated carbocycles. The van der Waals surface area contributed by atoms with Crippen LogP contribution in [0, 0.1) is 11.8 Å². The summed E-state index contributed by atoms with van der Waals surface area (Å²) in [5.74, 6) is 5.90. The van der Waals surface area contributed by atoms with E-state index in [4.69, 9.17) is 10.8 Å². The smallest absolute Gasteiger partial charge is 0.0774 e. The molecule has 3 heteroatoms. The molecule has 1 aromatic rings. The van der Waals surface area contributed by atoms with E-state index in [-0.39, 0.29) is 6.61 Å². The molecular formula is C10H13NOS. The fourth-order valence-electron chi connectivity index (χ4n) is 0.753. The van der Waals surface area contributed by atoms with Crippen LogP contribution in [0.2, 0.25) is 0 Å². The third kappa shape index (κ3) is 3.60. The first kappa shape index (κ1) is 10.3. The van der Waals surface area contributed by atoms with Gasteiger partial charge in [-0.2, -0.15) is 0 Å². The van der Waals surface area contributed by atoms with Crippen LogP contribution in [-0.4, -0.2) is 10.6 Å². The number of nitrogens with two attached hydrogens (primary N) is 1. The molecule has 1 aromatic heterocycles. The second kappa shape index (κ2) is 3.93. The van der Waals surface area contributed by atoms with Crippen molar-refractivity contribution in [3.05, 3.63) is 21.9 Å². The Hall–Kier alpha value is -0.820. The van der Waals surface area contributed by atoms with Crippen LogP contribution in [-0.2, 0) is 6.61 Å². The van der Waals surface area contributed by atoms with Gasteiger partial charge in [-0.3, -0.25) is 0 Å². The topological polar surface area (TPSA) is 46.2 Å². The van der Waals surface area contributed by atoms with E-state index >= 15 is 0 Å². The summed E-state index contributed by atoms with van der Waals surface area (Å²) in [4.78, 5) is 1.88. The Morgan fingerprint density at radius 3 is 2.69 bits per heavy atom. The van der Waals surface area contributed by atoms with E-state index in [1.54, 1.807) is 0 Å². The second-order valence-electron chi connectivity index (χ2n) is 3.40. The summed E-state index contributed by atoms with van der Waals surface area (Å²) in [6.45, 7) is 3.81. The quantitative estimate of drug-likeness (QED) is 0.664. The van der Waals surface area contributed by atoms with Gasteiger partial charge in [-0.1, -0.05) is 11.8 Å². The minimum absolute atomic E-state index is 0.0817. The summed E-state index contributed by atoms with van der Waals surface area (Å²) in [6, 6.07) is 3.77. The summed E-state index contributed by atoms with van der Waals surface area (Å²) in [5.41, 5.74) is 5.25. The molecule has 3 N–H and O–H groups in total. The monoisotopic (exact) mass is 195 g/mol. The molecule has 0 aromatic carbocycles. The summed E-state index contributed by atoms with van der Waals surface area (Å²) in [5, 5.41) is 8.82. The number of hydrogen-bond acceptors (Lipinski definition) is 3. The number of thiophene rings is 1. The van der Waals surface area contributed by atoms with E-state index in [1.165, 1.54) is 11.3 Å². The molecule has 0 spiro atoms. The zero-order valence-corrected chi connectivity index (χ0v) is 8.61. The number of aliphatic hydroxyl groups is 1. The lowest BCUT2D eigenvalue weighted by molar-refractivity contribution is 0.285. The molecule has 0 bridgehead atoms. The van der Waals surface area contributed by atoms with Gasteiger partial charge in [0.25, 0.3) is 0 Å². The Bertz CT molecular complexity index is 338. The van der Waals surface area contributed by atoms with E-state index < -0.39 is 5.54 Å². The molecule has 13 heavy (non-hydrogen) atoms. The Labute approximate surface area is 82.4 Å². The molecule has 2 nitrogen and oxygen atoms in total. The Balaban J connectivity index is 2.78. The molecule has 0 fully saturated rings.